The Morgan fingerprint density at radius 2 is 1.53 bits per heavy atom. The summed E-state index contributed by atoms with van der Waals surface area (Å²) >= 11 is 0. The number of ether oxygens (including phenoxy) is 4. The molecule has 1 aromatic carbocycles. The van der Waals surface area contributed by atoms with Crippen LogP contribution in [0.5, 0.6) is 5.88 Å². The smallest absolute Gasteiger partial charge is 0.416 e. The summed E-state index contributed by atoms with van der Waals surface area (Å²) in [5, 5.41) is 8.52. The average Bonchev–Trinajstić information content (AvgIpc) is 3.09. The second kappa shape index (κ2) is 17.8. The number of oxime groups is 1. The van der Waals surface area contributed by atoms with E-state index >= 15 is 0 Å². The number of fused-ring (bicyclic) bond motifs is 1. The molecule has 0 spiro atoms. The number of benzene rings is 1. The number of amidine groups is 1. The lowest BCUT2D eigenvalue weighted by molar-refractivity contribution is -0.157. The number of rotatable bonds is 12. The van der Waals surface area contributed by atoms with Crippen molar-refractivity contribution in [2.24, 2.45) is 5.16 Å². The molecule has 15 nitrogen and oxygen atoms in total. The van der Waals surface area contributed by atoms with Gasteiger partial charge in [-0.1, -0.05) is 12.1 Å². The van der Waals surface area contributed by atoms with E-state index in [-0.39, 0.29) is 42.8 Å². The van der Waals surface area contributed by atoms with E-state index in [4.69, 9.17) is 14.3 Å². The van der Waals surface area contributed by atoms with E-state index in [9.17, 15) is 50.3 Å². The van der Waals surface area contributed by atoms with Gasteiger partial charge in [0.15, 0.2) is 19.0 Å². The van der Waals surface area contributed by atoms with Crippen LogP contribution in [0.3, 0.4) is 0 Å². The van der Waals surface area contributed by atoms with Gasteiger partial charge >= 0.3 is 36.4 Å². The number of carbonyl (C=O) groups excluding carboxylic acids is 5. The summed E-state index contributed by atoms with van der Waals surface area (Å²) in [7, 11) is 1.27. The zero-order chi connectivity index (χ0) is 39.7. The molecular formula is C32H35F6N5O10. The lowest BCUT2D eigenvalue weighted by atomic mass is 9.91. The number of nitrogens with one attached hydrogen (secondary N) is 2. The molecular weight excluding hydrogens is 728 g/mol. The molecule has 2 aromatic rings. The Balaban J connectivity index is 2.33. The van der Waals surface area contributed by atoms with Crippen LogP contribution >= 0.6 is 0 Å². The predicted octanol–water partition coefficient (Wildman–Crippen LogP) is 4.74. The molecule has 0 aliphatic carbocycles. The molecule has 0 radical (unpaired) electrons. The highest BCUT2D eigenvalue weighted by Gasteiger charge is 2.42. The number of aromatic nitrogens is 1. The van der Waals surface area contributed by atoms with Crippen molar-refractivity contribution in [2.45, 2.75) is 71.0 Å². The van der Waals surface area contributed by atoms with Crippen molar-refractivity contribution in [3.8, 4) is 5.88 Å². The minimum absolute atomic E-state index is 0.00539. The number of pyridine rings is 1. The molecule has 2 N–H and O–H groups in total. The molecule has 1 unspecified atom stereocenters. The molecule has 3 rings (SSSR count). The van der Waals surface area contributed by atoms with Crippen molar-refractivity contribution in [1.82, 2.24) is 15.6 Å². The van der Waals surface area contributed by atoms with Crippen molar-refractivity contribution in [3.63, 3.8) is 0 Å². The number of methoxy groups -OCH3 is 1. The van der Waals surface area contributed by atoms with Crippen LogP contribution in [-0.4, -0.2) is 73.7 Å². The van der Waals surface area contributed by atoms with E-state index < -0.39 is 96.1 Å². The van der Waals surface area contributed by atoms with Gasteiger partial charge in [-0.05, 0) is 49.6 Å². The first-order valence-electron chi connectivity index (χ1n) is 15.7. The van der Waals surface area contributed by atoms with Gasteiger partial charge in [-0.25, -0.2) is 14.6 Å². The lowest BCUT2D eigenvalue weighted by Crippen LogP contribution is -2.49. The number of hydrogen-bond donors (Lipinski definition) is 2. The van der Waals surface area contributed by atoms with Crippen LogP contribution in [0.2, 0.25) is 0 Å². The first kappa shape index (κ1) is 41.9. The van der Waals surface area contributed by atoms with E-state index in [1.165, 1.54) is 24.1 Å². The first-order valence-corrected chi connectivity index (χ1v) is 15.7. The third-order valence-electron chi connectivity index (χ3n) is 7.38. The molecule has 0 saturated heterocycles. The van der Waals surface area contributed by atoms with E-state index in [2.05, 4.69) is 30.2 Å². The normalized spacial score (nSPS) is 16.5. The third kappa shape index (κ3) is 11.5. The van der Waals surface area contributed by atoms with Crippen LogP contribution in [0, 0.1) is 0 Å². The number of esters is 2. The zero-order valence-corrected chi connectivity index (χ0v) is 28.8. The van der Waals surface area contributed by atoms with Crippen molar-refractivity contribution < 1.29 is 74.1 Å². The Labute approximate surface area is 297 Å². The van der Waals surface area contributed by atoms with Gasteiger partial charge in [0.05, 0.1) is 48.3 Å². The molecule has 2 amide bonds. The van der Waals surface area contributed by atoms with Crippen LogP contribution in [0.25, 0.3) is 0 Å². The van der Waals surface area contributed by atoms with Gasteiger partial charge < -0.3 is 29.1 Å². The fraction of sp³-hybridized carbons (Fsp3) is 0.469. The number of alkyl halides is 6. The molecule has 1 aliphatic rings. The number of hydrogen-bond acceptors (Lipinski definition) is 13. The topological polar surface area (TPSA) is 184 Å². The minimum atomic E-state index is -5.31. The minimum Gasteiger partial charge on any atom is -0.481 e. The van der Waals surface area contributed by atoms with Crippen LogP contribution in [0.1, 0.15) is 75.0 Å². The van der Waals surface area contributed by atoms with Crippen LogP contribution < -0.4 is 20.3 Å². The molecule has 3 atom stereocenters. The Bertz CT molecular complexity index is 1690. The van der Waals surface area contributed by atoms with Gasteiger partial charge in [0, 0.05) is 26.0 Å². The van der Waals surface area contributed by atoms with E-state index in [1.807, 2.05) is 0 Å². The highest BCUT2D eigenvalue weighted by atomic mass is 19.4. The molecule has 1 aromatic heterocycles. The summed E-state index contributed by atoms with van der Waals surface area (Å²) < 4.78 is 104. The van der Waals surface area contributed by atoms with Gasteiger partial charge in [-0.2, -0.15) is 26.3 Å². The van der Waals surface area contributed by atoms with Gasteiger partial charge in [0.2, 0.25) is 5.88 Å². The molecule has 1 aliphatic heterocycles. The Hall–Kier alpha value is -5.47. The van der Waals surface area contributed by atoms with Gasteiger partial charge in [0.25, 0.3) is 5.91 Å². The maximum Gasteiger partial charge on any atom is 0.416 e. The van der Waals surface area contributed by atoms with Crippen LogP contribution in [0.4, 0.5) is 36.8 Å². The Kier molecular flexibility index (Phi) is 14.1. The molecule has 0 fully saturated rings. The summed E-state index contributed by atoms with van der Waals surface area (Å²) in [6.07, 6.45) is -11.2. The van der Waals surface area contributed by atoms with Crippen molar-refractivity contribution >= 4 is 41.4 Å². The Morgan fingerprint density at radius 1 is 0.925 bits per heavy atom. The molecule has 0 saturated carbocycles. The van der Waals surface area contributed by atoms with Crippen LogP contribution in [0.15, 0.2) is 35.5 Å². The van der Waals surface area contributed by atoms with Crippen LogP contribution in [-0.2, 0) is 50.6 Å². The summed E-state index contributed by atoms with van der Waals surface area (Å²) in [6, 6.07) is -0.410. The quantitative estimate of drug-likeness (QED) is 0.0577. The fourth-order valence-corrected chi connectivity index (χ4v) is 5.11. The number of halogens is 6. The standard InChI is InChI=1S/C32H35F6N5O10/c1-6-21-13-22(28-23(8-9-25(41-28)49-5)43(21)30(48)50-7-2)39-27(18-10-19(31(33,34)35)12-20(11-18)32(36,37)38)29(40-24(46)14-51-16(3)44)42-53-26(47)15-52-17(4)45/h8-12,21-22,27,39H,6-7,13-15H2,1-5H3,(H,40,42,46)/t21-,22+,27?/m1/s1. The second-order valence-corrected chi connectivity index (χ2v) is 11.2. The van der Waals surface area contributed by atoms with E-state index in [1.54, 1.807) is 13.8 Å². The molecule has 2 heterocycles. The second-order valence-electron chi connectivity index (χ2n) is 11.2. The van der Waals surface area contributed by atoms with Gasteiger partial charge in [-0.15, -0.1) is 0 Å². The number of nitrogens with zero attached hydrogens (tertiary/aromatic N) is 3. The van der Waals surface area contributed by atoms with E-state index in [0.29, 0.717) is 12.1 Å². The molecule has 0 bridgehead atoms. The number of anilines is 1. The number of carbonyl (C=O) groups is 5. The van der Waals surface area contributed by atoms with Crippen molar-refractivity contribution in [1.29, 1.82) is 0 Å². The van der Waals surface area contributed by atoms with Gasteiger partial charge in [-0.3, -0.25) is 24.6 Å². The SMILES string of the molecule is CCOC(=O)N1c2ccc(OC)nc2[C@@H](NC(C(=NOC(=O)COC(C)=O)NC(=O)COC(C)=O)c2cc(C(F)(F)F)cc(C(F)(F)F)c2)C[C@H]1CC. The highest BCUT2D eigenvalue weighted by Crippen LogP contribution is 2.42. The molecule has 21 heteroatoms. The molecule has 53 heavy (non-hydrogen) atoms. The van der Waals surface area contributed by atoms with Crippen molar-refractivity contribution in [3.05, 3.63) is 52.7 Å². The van der Waals surface area contributed by atoms with E-state index in [0.717, 1.165) is 13.8 Å². The zero-order valence-electron chi connectivity index (χ0n) is 28.8. The maximum atomic E-state index is 14.1. The predicted molar refractivity (Wildman–Crippen MR) is 169 cm³/mol. The van der Waals surface area contributed by atoms with Gasteiger partial charge in [0.1, 0.15) is 0 Å². The molecule has 290 valence electrons. The highest BCUT2D eigenvalue weighted by molar-refractivity contribution is 6.02. The summed E-state index contributed by atoms with van der Waals surface area (Å²) in [4.78, 5) is 71.4. The first-order chi connectivity index (χ1) is 24.8. The fourth-order valence-electron chi connectivity index (χ4n) is 5.11. The summed E-state index contributed by atoms with van der Waals surface area (Å²) in [5.41, 5.74) is -4.11. The average molecular weight is 764 g/mol. The summed E-state index contributed by atoms with van der Waals surface area (Å²) in [6.45, 7) is 3.17. The van der Waals surface area contributed by atoms with Crippen molar-refractivity contribution in [2.75, 3.05) is 31.8 Å². The maximum absolute atomic E-state index is 14.1. The third-order valence-corrected chi connectivity index (χ3v) is 7.38. The largest absolute Gasteiger partial charge is 0.481 e. The summed E-state index contributed by atoms with van der Waals surface area (Å²) in [5.74, 6) is -5.29. The Morgan fingerprint density at radius 3 is 2.06 bits per heavy atom. The lowest BCUT2D eigenvalue weighted by Gasteiger charge is -2.40. The monoisotopic (exact) mass is 763 g/mol. The number of amides is 2.